The summed E-state index contributed by atoms with van der Waals surface area (Å²) in [5, 5.41) is 13.4. The number of nitrogens with zero attached hydrogens (tertiary/aromatic N) is 4. The molecule has 1 saturated heterocycles. The molecule has 0 bridgehead atoms. The maximum atomic E-state index is 11.8. The van der Waals surface area contributed by atoms with E-state index in [0.717, 1.165) is 55.4 Å². The lowest BCUT2D eigenvalue weighted by atomic mass is 9.90. The molecule has 1 aromatic heterocycles. The molecule has 1 saturated carbocycles. The molecule has 1 N–H and O–H groups in total. The van der Waals surface area contributed by atoms with Crippen molar-refractivity contribution in [2.75, 3.05) is 24.7 Å². The number of rotatable bonds is 4. The summed E-state index contributed by atoms with van der Waals surface area (Å²) in [5.74, 6) is 0.781. The topological polar surface area (TPSA) is 99.0 Å². The number of benzene rings is 1. The van der Waals surface area contributed by atoms with E-state index in [4.69, 9.17) is 5.26 Å². The Morgan fingerprint density at radius 3 is 2.64 bits per heavy atom. The SMILES string of the molecule is CS(=O)(=O)C1CCN([C@H]2CC[C@H](Nc3ncnc4ccc(C#N)cc34)CC2)C1. The second-order valence-electron chi connectivity index (χ2n) is 7.95. The van der Waals surface area contributed by atoms with Crippen LogP contribution in [0.2, 0.25) is 0 Å². The minimum atomic E-state index is -2.94. The van der Waals surface area contributed by atoms with E-state index < -0.39 is 9.84 Å². The summed E-state index contributed by atoms with van der Waals surface area (Å²) in [6.07, 6.45) is 7.82. The van der Waals surface area contributed by atoms with E-state index in [1.165, 1.54) is 6.26 Å². The number of hydrogen-bond donors (Lipinski definition) is 1. The number of anilines is 1. The number of likely N-dealkylation sites (tertiary alicyclic amines) is 1. The van der Waals surface area contributed by atoms with Gasteiger partial charge in [0.25, 0.3) is 0 Å². The molecule has 28 heavy (non-hydrogen) atoms. The predicted octanol–water partition coefficient (Wildman–Crippen LogP) is 2.34. The zero-order valence-electron chi connectivity index (χ0n) is 16.0. The Kier molecular flexibility index (Phi) is 5.21. The zero-order chi connectivity index (χ0) is 19.7. The molecule has 2 aromatic rings. The zero-order valence-corrected chi connectivity index (χ0v) is 16.8. The number of nitriles is 1. The van der Waals surface area contributed by atoms with Crippen molar-refractivity contribution >= 4 is 26.6 Å². The van der Waals surface area contributed by atoms with Gasteiger partial charge in [0, 0.05) is 30.3 Å². The summed E-state index contributed by atoms with van der Waals surface area (Å²) in [6, 6.07) is 8.42. The molecule has 4 rings (SSSR count). The van der Waals surface area contributed by atoms with Crippen molar-refractivity contribution in [3.63, 3.8) is 0 Å². The molecule has 1 aliphatic heterocycles. The first kappa shape index (κ1) is 19.1. The number of fused-ring (bicyclic) bond motifs is 1. The van der Waals surface area contributed by atoms with Gasteiger partial charge in [0.05, 0.1) is 22.4 Å². The van der Waals surface area contributed by atoms with Crippen LogP contribution in [0.25, 0.3) is 10.9 Å². The van der Waals surface area contributed by atoms with E-state index in [-0.39, 0.29) is 5.25 Å². The molecule has 2 aliphatic rings. The maximum absolute atomic E-state index is 11.8. The molecule has 0 radical (unpaired) electrons. The fourth-order valence-electron chi connectivity index (χ4n) is 4.45. The van der Waals surface area contributed by atoms with Gasteiger partial charge in [-0.3, -0.25) is 4.90 Å². The van der Waals surface area contributed by atoms with Crippen molar-refractivity contribution in [1.82, 2.24) is 14.9 Å². The maximum Gasteiger partial charge on any atom is 0.151 e. The van der Waals surface area contributed by atoms with Crippen LogP contribution >= 0.6 is 0 Å². The Bertz CT molecular complexity index is 1010. The molecule has 7 nitrogen and oxygen atoms in total. The standard InChI is InChI=1S/C20H25N5O2S/c1-28(26,27)17-8-9-25(12-17)16-5-3-15(4-6-16)24-20-18-10-14(11-21)2-7-19(18)22-13-23-20/h2,7,10,13,15-17H,3-6,8-9,12H2,1H3,(H,22,23,24)/t15-,16-,17?. The monoisotopic (exact) mass is 399 g/mol. The Labute approximate surface area is 165 Å². The van der Waals surface area contributed by atoms with Crippen LogP contribution < -0.4 is 5.32 Å². The molecule has 1 atom stereocenters. The average Bonchev–Trinajstić information content (AvgIpc) is 3.19. The van der Waals surface area contributed by atoms with Crippen LogP contribution in [-0.2, 0) is 9.84 Å². The molecule has 1 aromatic carbocycles. The van der Waals surface area contributed by atoms with E-state index in [9.17, 15) is 8.42 Å². The molecule has 8 heteroatoms. The molecular weight excluding hydrogens is 374 g/mol. The first-order valence-corrected chi connectivity index (χ1v) is 11.7. The molecule has 2 fully saturated rings. The second kappa shape index (κ2) is 7.64. The van der Waals surface area contributed by atoms with Gasteiger partial charge < -0.3 is 5.32 Å². The lowest BCUT2D eigenvalue weighted by Gasteiger charge is -2.35. The third kappa shape index (κ3) is 3.96. The van der Waals surface area contributed by atoms with Crippen molar-refractivity contribution in [3.8, 4) is 6.07 Å². The lowest BCUT2D eigenvalue weighted by Crippen LogP contribution is -2.40. The van der Waals surface area contributed by atoms with Crippen molar-refractivity contribution < 1.29 is 8.42 Å². The Morgan fingerprint density at radius 1 is 1.18 bits per heavy atom. The molecule has 2 heterocycles. The number of nitrogens with one attached hydrogen (secondary N) is 1. The van der Waals surface area contributed by atoms with Crippen LogP contribution in [0.5, 0.6) is 0 Å². The smallest absolute Gasteiger partial charge is 0.151 e. The summed E-state index contributed by atoms with van der Waals surface area (Å²) in [6.45, 7) is 1.56. The first-order valence-electron chi connectivity index (χ1n) is 9.78. The molecule has 0 amide bonds. The summed E-state index contributed by atoms with van der Waals surface area (Å²) >= 11 is 0. The van der Waals surface area contributed by atoms with Gasteiger partial charge >= 0.3 is 0 Å². The van der Waals surface area contributed by atoms with Crippen LogP contribution in [-0.4, -0.2) is 60.0 Å². The predicted molar refractivity (Wildman–Crippen MR) is 109 cm³/mol. The van der Waals surface area contributed by atoms with E-state index in [0.29, 0.717) is 24.2 Å². The Hall–Kier alpha value is -2.24. The summed E-state index contributed by atoms with van der Waals surface area (Å²) in [4.78, 5) is 11.0. The van der Waals surface area contributed by atoms with Gasteiger partial charge in [0.15, 0.2) is 9.84 Å². The van der Waals surface area contributed by atoms with E-state index >= 15 is 0 Å². The van der Waals surface area contributed by atoms with Gasteiger partial charge in [-0.05, 0) is 56.8 Å². The van der Waals surface area contributed by atoms with Crippen molar-refractivity contribution in [2.24, 2.45) is 0 Å². The minimum Gasteiger partial charge on any atom is -0.367 e. The summed E-state index contributed by atoms with van der Waals surface area (Å²) in [7, 11) is -2.94. The Balaban J connectivity index is 1.39. The van der Waals surface area contributed by atoms with E-state index in [2.05, 4.69) is 26.3 Å². The average molecular weight is 400 g/mol. The van der Waals surface area contributed by atoms with Crippen LogP contribution in [0.4, 0.5) is 5.82 Å². The van der Waals surface area contributed by atoms with Crippen LogP contribution in [0.1, 0.15) is 37.7 Å². The van der Waals surface area contributed by atoms with Gasteiger partial charge in [0.2, 0.25) is 0 Å². The highest BCUT2D eigenvalue weighted by Crippen LogP contribution is 2.30. The molecule has 0 spiro atoms. The molecule has 1 aliphatic carbocycles. The third-order valence-corrected chi connectivity index (χ3v) is 7.70. The number of hydrogen-bond acceptors (Lipinski definition) is 7. The molecular formula is C20H25N5O2S. The normalized spacial score (nSPS) is 26.2. The van der Waals surface area contributed by atoms with Crippen LogP contribution in [0.3, 0.4) is 0 Å². The van der Waals surface area contributed by atoms with E-state index in [1.807, 2.05) is 12.1 Å². The van der Waals surface area contributed by atoms with Gasteiger partial charge in [-0.15, -0.1) is 0 Å². The summed E-state index contributed by atoms with van der Waals surface area (Å²) < 4.78 is 23.6. The Morgan fingerprint density at radius 2 is 1.96 bits per heavy atom. The van der Waals surface area contributed by atoms with Gasteiger partial charge in [-0.2, -0.15) is 5.26 Å². The quantitative estimate of drug-likeness (QED) is 0.842. The molecule has 148 valence electrons. The summed E-state index contributed by atoms with van der Waals surface area (Å²) in [5.41, 5.74) is 1.43. The fraction of sp³-hybridized carbons (Fsp3) is 0.550. The lowest BCUT2D eigenvalue weighted by molar-refractivity contribution is 0.186. The molecule has 1 unspecified atom stereocenters. The largest absolute Gasteiger partial charge is 0.367 e. The highest BCUT2D eigenvalue weighted by Gasteiger charge is 2.35. The highest BCUT2D eigenvalue weighted by molar-refractivity contribution is 7.91. The van der Waals surface area contributed by atoms with Gasteiger partial charge in [-0.25, -0.2) is 18.4 Å². The number of sulfone groups is 1. The third-order valence-electron chi connectivity index (χ3n) is 6.10. The second-order valence-corrected chi connectivity index (χ2v) is 10.3. The van der Waals surface area contributed by atoms with Gasteiger partial charge in [-0.1, -0.05) is 0 Å². The first-order chi connectivity index (χ1) is 13.4. The van der Waals surface area contributed by atoms with Crippen LogP contribution in [0.15, 0.2) is 24.5 Å². The highest BCUT2D eigenvalue weighted by atomic mass is 32.2. The minimum absolute atomic E-state index is 0.204. The fourth-order valence-corrected chi connectivity index (χ4v) is 5.45. The van der Waals surface area contributed by atoms with Gasteiger partial charge in [0.1, 0.15) is 12.1 Å². The number of aromatic nitrogens is 2. The van der Waals surface area contributed by atoms with Crippen molar-refractivity contribution in [1.29, 1.82) is 5.26 Å². The van der Waals surface area contributed by atoms with Crippen molar-refractivity contribution in [2.45, 2.75) is 49.4 Å². The van der Waals surface area contributed by atoms with Crippen molar-refractivity contribution in [3.05, 3.63) is 30.1 Å². The van der Waals surface area contributed by atoms with Crippen LogP contribution in [0, 0.1) is 11.3 Å². The van der Waals surface area contributed by atoms with E-state index in [1.54, 1.807) is 12.4 Å².